The van der Waals surface area contributed by atoms with E-state index in [4.69, 9.17) is 17.3 Å². The smallest absolute Gasteiger partial charge is 0.260 e. The van der Waals surface area contributed by atoms with Gasteiger partial charge in [-0.15, -0.1) is 0 Å². The van der Waals surface area contributed by atoms with Gasteiger partial charge in [0.15, 0.2) is 0 Å². The average Bonchev–Trinajstić information content (AvgIpc) is 2.67. The first kappa shape index (κ1) is 11.7. The van der Waals surface area contributed by atoms with E-state index in [0.29, 0.717) is 5.56 Å². The zero-order chi connectivity index (χ0) is 12.1. The van der Waals surface area contributed by atoms with Crippen molar-refractivity contribution in [3.8, 4) is 0 Å². The van der Waals surface area contributed by atoms with E-state index in [1.54, 1.807) is 19.9 Å². The van der Waals surface area contributed by atoms with Crippen LogP contribution in [0.1, 0.15) is 23.2 Å². The van der Waals surface area contributed by atoms with Crippen molar-refractivity contribution < 1.29 is 8.78 Å². The van der Waals surface area contributed by atoms with Gasteiger partial charge in [-0.05, 0) is 25.5 Å². The van der Waals surface area contributed by atoms with Gasteiger partial charge in [0.1, 0.15) is 5.15 Å². The molecule has 16 heavy (non-hydrogen) atoms. The highest BCUT2D eigenvalue weighted by Gasteiger charge is 2.72. The Balaban J connectivity index is 2.58. The molecule has 0 radical (unpaired) electrons. The van der Waals surface area contributed by atoms with Crippen molar-refractivity contribution in [1.82, 2.24) is 4.98 Å². The van der Waals surface area contributed by atoms with Crippen molar-refractivity contribution in [1.29, 1.82) is 0 Å². The number of aromatic nitrogens is 1. The van der Waals surface area contributed by atoms with E-state index >= 15 is 0 Å². The van der Waals surface area contributed by atoms with Gasteiger partial charge in [-0.2, -0.15) is 0 Å². The highest BCUT2D eigenvalue weighted by Crippen LogP contribution is 2.62. The molecule has 1 unspecified atom stereocenters. The first-order chi connectivity index (χ1) is 7.34. The first-order valence-corrected chi connectivity index (χ1v) is 5.44. The minimum Gasteiger partial charge on any atom is -0.329 e. The Labute approximate surface area is 97.8 Å². The molecule has 0 aromatic carbocycles. The van der Waals surface area contributed by atoms with Gasteiger partial charge in [-0.25, -0.2) is 13.8 Å². The molecule has 0 aliphatic heterocycles. The van der Waals surface area contributed by atoms with Crippen LogP contribution in [0.15, 0.2) is 6.07 Å². The number of aryl methyl sites for hydroxylation is 2. The lowest BCUT2D eigenvalue weighted by Crippen LogP contribution is -2.28. The lowest BCUT2D eigenvalue weighted by atomic mass is 9.92. The molecule has 88 valence electrons. The van der Waals surface area contributed by atoms with Crippen molar-refractivity contribution in [2.75, 3.05) is 6.54 Å². The summed E-state index contributed by atoms with van der Waals surface area (Å²) < 4.78 is 26.9. The number of pyridine rings is 1. The fourth-order valence-electron chi connectivity index (χ4n) is 2.30. The van der Waals surface area contributed by atoms with Crippen LogP contribution in [0.5, 0.6) is 0 Å². The monoisotopic (exact) mass is 246 g/mol. The normalized spacial score (nSPS) is 26.9. The molecule has 0 saturated heterocycles. The number of rotatable bonds is 2. The highest BCUT2D eigenvalue weighted by molar-refractivity contribution is 6.30. The summed E-state index contributed by atoms with van der Waals surface area (Å²) in [5.74, 6) is -2.76. The van der Waals surface area contributed by atoms with Gasteiger partial charge in [-0.1, -0.05) is 11.6 Å². The third kappa shape index (κ3) is 1.44. The van der Waals surface area contributed by atoms with E-state index in [-0.39, 0.29) is 18.1 Å². The standard InChI is InChI=1S/C11H13ClF2N2/c1-6-3-7(2)16-9(12)8(6)10(5-15)4-11(10,13)14/h3H,4-5,15H2,1-2H3. The van der Waals surface area contributed by atoms with Crippen LogP contribution in [0.25, 0.3) is 0 Å². The molecule has 1 aromatic heterocycles. The maximum atomic E-state index is 13.4. The van der Waals surface area contributed by atoms with Crippen molar-refractivity contribution in [3.05, 3.63) is 28.0 Å². The summed E-state index contributed by atoms with van der Waals surface area (Å²) in [6.45, 7) is 3.44. The molecular weight excluding hydrogens is 234 g/mol. The van der Waals surface area contributed by atoms with Gasteiger partial charge in [-0.3, -0.25) is 0 Å². The SMILES string of the molecule is Cc1cc(C)c(C2(CN)CC2(F)F)c(Cl)n1. The van der Waals surface area contributed by atoms with Gasteiger partial charge in [0.2, 0.25) is 0 Å². The van der Waals surface area contributed by atoms with Crippen LogP contribution in [-0.2, 0) is 5.41 Å². The molecule has 1 heterocycles. The van der Waals surface area contributed by atoms with E-state index < -0.39 is 11.3 Å². The molecule has 1 aliphatic carbocycles. The van der Waals surface area contributed by atoms with Crippen LogP contribution in [0.2, 0.25) is 5.15 Å². The first-order valence-electron chi connectivity index (χ1n) is 5.06. The van der Waals surface area contributed by atoms with E-state index in [1.807, 2.05) is 0 Å². The Kier molecular flexibility index (Phi) is 2.48. The molecule has 1 aliphatic rings. The van der Waals surface area contributed by atoms with Crippen LogP contribution < -0.4 is 5.73 Å². The zero-order valence-electron chi connectivity index (χ0n) is 9.15. The maximum Gasteiger partial charge on any atom is 0.260 e. The second-order valence-corrected chi connectivity index (χ2v) is 4.77. The minimum atomic E-state index is -2.76. The number of nitrogens with zero attached hydrogens (tertiary/aromatic N) is 1. The predicted octanol–water partition coefficient (Wildman–Crippen LogP) is 2.59. The van der Waals surface area contributed by atoms with Crippen molar-refractivity contribution >= 4 is 11.6 Å². The minimum absolute atomic E-state index is 0.106. The summed E-state index contributed by atoms with van der Waals surface area (Å²) in [4.78, 5) is 4.03. The summed E-state index contributed by atoms with van der Waals surface area (Å²) in [6, 6.07) is 1.76. The van der Waals surface area contributed by atoms with Crippen LogP contribution in [-0.4, -0.2) is 17.5 Å². The molecular formula is C11H13ClF2N2. The Bertz CT molecular complexity index is 425. The van der Waals surface area contributed by atoms with Gasteiger partial charge < -0.3 is 5.73 Å². The number of halogens is 3. The zero-order valence-corrected chi connectivity index (χ0v) is 9.91. The molecule has 0 spiro atoms. The van der Waals surface area contributed by atoms with Crippen LogP contribution in [0, 0.1) is 13.8 Å². The quantitative estimate of drug-likeness (QED) is 0.815. The largest absolute Gasteiger partial charge is 0.329 e. The third-order valence-corrected chi connectivity index (χ3v) is 3.50. The lowest BCUT2D eigenvalue weighted by molar-refractivity contribution is 0.0894. The molecule has 1 fully saturated rings. The van der Waals surface area contributed by atoms with Gasteiger partial charge >= 0.3 is 0 Å². The fourth-order valence-corrected chi connectivity index (χ4v) is 2.76. The second kappa shape index (κ2) is 3.37. The molecule has 1 aromatic rings. The molecule has 1 saturated carbocycles. The van der Waals surface area contributed by atoms with E-state index in [9.17, 15) is 8.78 Å². The molecule has 0 bridgehead atoms. The van der Waals surface area contributed by atoms with E-state index in [2.05, 4.69) is 4.98 Å². The van der Waals surface area contributed by atoms with Crippen molar-refractivity contribution in [2.45, 2.75) is 31.6 Å². The molecule has 5 heteroatoms. The Morgan fingerprint density at radius 2 is 2.06 bits per heavy atom. The summed E-state index contributed by atoms with van der Waals surface area (Å²) in [7, 11) is 0. The molecule has 2 N–H and O–H groups in total. The Morgan fingerprint density at radius 1 is 1.50 bits per heavy atom. The average molecular weight is 247 g/mol. The van der Waals surface area contributed by atoms with Crippen LogP contribution in [0.3, 0.4) is 0 Å². The van der Waals surface area contributed by atoms with Gasteiger partial charge in [0.25, 0.3) is 5.92 Å². The van der Waals surface area contributed by atoms with E-state index in [0.717, 1.165) is 11.3 Å². The van der Waals surface area contributed by atoms with Gasteiger partial charge in [0, 0.05) is 24.2 Å². The maximum absolute atomic E-state index is 13.4. The summed E-state index contributed by atoms with van der Waals surface area (Å²) in [6.07, 6.45) is -0.234. The summed E-state index contributed by atoms with van der Waals surface area (Å²) >= 11 is 5.97. The molecule has 0 amide bonds. The number of nitrogens with two attached hydrogens (primary N) is 1. The third-order valence-electron chi connectivity index (χ3n) is 3.23. The molecule has 2 rings (SSSR count). The van der Waals surface area contributed by atoms with Gasteiger partial charge in [0.05, 0.1) is 5.41 Å². The number of hydrogen-bond donors (Lipinski definition) is 1. The Hall–Kier alpha value is -0.740. The fraction of sp³-hybridized carbons (Fsp3) is 0.545. The lowest BCUT2D eigenvalue weighted by Gasteiger charge is -2.18. The number of alkyl halides is 2. The molecule has 1 atom stereocenters. The predicted molar refractivity (Wildman–Crippen MR) is 59.0 cm³/mol. The summed E-state index contributed by atoms with van der Waals surface area (Å²) in [5, 5.41) is 0.153. The van der Waals surface area contributed by atoms with Crippen LogP contribution in [0.4, 0.5) is 8.78 Å². The Morgan fingerprint density at radius 3 is 2.44 bits per heavy atom. The van der Waals surface area contributed by atoms with E-state index in [1.165, 1.54) is 0 Å². The van der Waals surface area contributed by atoms with Crippen molar-refractivity contribution in [3.63, 3.8) is 0 Å². The topological polar surface area (TPSA) is 38.9 Å². The number of hydrogen-bond acceptors (Lipinski definition) is 2. The van der Waals surface area contributed by atoms with Crippen LogP contribution >= 0.6 is 11.6 Å². The highest BCUT2D eigenvalue weighted by atomic mass is 35.5. The van der Waals surface area contributed by atoms with Crippen molar-refractivity contribution in [2.24, 2.45) is 5.73 Å². The molecule has 2 nitrogen and oxygen atoms in total. The summed E-state index contributed by atoms with van der Waals surface area (Å²) in [5.41, 5.74) is 6.06. The second-order valence-electron chi connectivity index (χ2n) is 4.41.